The summed E-state index contributed by atoms with van der Waals surface area (Å²) in [5.41, 5.74) is 1.88. The van der Waals surface area contributed by atoms with Crippen molar-refractivity contribution < 1.29 is 19.2 Å². The molecule has 2 amide bonds. The van der Waals surface area contributed by atoms with Gasteiger partial charge < -0.3 is 4.74 Å². The third-order valence-electron chi connectivity index (χ3n) is 4.92. The van der Waals surface area contributed by atoms with Crippen LogP contribution in [0.4, 0.5) is 4.79 Å². The lowest BCUT2D eigenvalue weighted by molar-refractivity contribution is -0.148. The molecule has 2 aromatic carbocycles. The predicted molar refractivity (Wildman–Crippen MR) is 93.8 cm³/mol. The van der Waals surface area contributed by atoms with Crippen LogP contribution in [0.5, 0.6) is 0 Å². The van der Waals surface area contributed by atoms with Gasteiger partial charge in [-0.1, -0.05) is 60.7 Å². The molecule has 0 unspecified atom stereocenters. The lowest BCUT2D eigenvalue weighted by Crippen LogP contribution is -2.40. The number of amides is 2. The average molecular weight is 352 g/mol. The van der Waals surface area contributed by atoms with Crippen LogP contribution in [0.3, 0.4) is 0 Å². The smallest absolute Gasteiger partial charge is 0.416 e. The van der Waals surface area contributed by atoms with Crippen LogP contribution in [0.1, 0.15) is 23.3 Å². The van der Waals surface area contributed by atoms with Crippen LogP contribution in [0.15, 0.2) is 60.7 Å². The number of benzene rings is 2. The highest BCUT2D eigenvalue weighted by Gasteiger charge is 2.50. The SMILES string of the molecule is CN1O[C@@H](c2ccccc2)[C@H](C(=O)N2CCOC2=O)[C@@H]1c1ccccc1. The van der Waals surface area contributed by atoms with Gasteiger partial charge in [-0.05, 0) is 11.1 Å². The van der Waals surface area contributed by atoms with E-state index in [0.29, 0.717) is 0 Å². The highest BCUT2D eigenvalue weighted by molar-refractivity contribution is 5.95. The number of carbonyl (C=O) groups excluding carboxylic acids is 2. The summed E-state index contributed by atoms with van der Waals surface area (Å²) in [6, 6.07) is 19.1. The Balaban J connectivity index is 1.75. The summed E-state index contributed by atoms with van der Waals surface area (Å²) in [5, 5.41) is 1.72. The van der Waals surface area contributed by atoms with Crippen molar-refractivity contribution in [2.75, 3.05) is 20.2 Å². The largest absolute Gasteiger partial charge is 0.447 e. The molecular formula is C20H20N2O4. The van der Waals surface area contributed by atoms with Crippen molar-refractivity contribution in [3.8, 4) is 0 Å². The minimum absolute atomic E-state index is 0.236. The summed E-state index contributed by atoms with van der Waals surface area (Å²) in [6.45, 7) is 0.515. The highest BCUT2D eigenvalue weighted by Crippen LogP contribution is 2.46. The van der Waals surface area contributed by atoms with Crippen molar-refractivity contribution in [2.24, 2.45) is 5.92 Å². The molecule has 0 saturated carbocycles. The van der Waals surface area contributed by atoms with Gasteiger partial charge in [0, 0.05) is 7.05 Å². The molecule has 2 saturated heterocycles. The van der Waals surface area contributed by atoms with Gasteiger partial charge in [0.2, 0.25) is 5.91 Å². The van der Waals surface area contributed by atoms with E-state index in [2.05, 4.69) is 0 Å². The Morgan fingerprint density at radius 2 is 1.62 bits per heavy atom. The number of hydroxylamine groups is 2. The fourth-order valence-corrected chi connectivity index (χ4v) is 3.72. The molecule has 2 aliphatic heterocycles. The first-order valence-electron chi connectivity index (χ1n) is 8.64. The normalized spacial score (nSPS) is 26.1. The highest BCUT2D eigenvalue weighted by atomic mass is 16.7. The monoisotopic (exact) mass is 352 g/mol. The summed E-state index contributed by atoms with van der Waals surface area (Å²) in [5.74, 6) is -0.810. The minimum Gasteiger partial charge on any atom is -0.447 e. The number of cyclic esters (lactones) is 1. The number of nitrogens with zero attached hydrogens (tertiary/aromatic N) is 2. The summed E-state index contributed by atoms with van der Waals surface area (Å²) in [7, 11) is 1.82. The predicted octanol–water partition coefficient (Wildman–Crippen LogP) is 2.94. The van der Waals surface area contributed by atoms with Gasteiger partial charge >= 0.3 is 6.09 Å². The van der Waals surface area contributed by atoms with Gasteiger partial charge in [0.15, 0.2) is 0 Å². The number of rotatable bonds is 3. The number of hydrogen-bond acceptors (Lipinski definition) is 5. The second-order valence-electron chi connectivity index (χ2n) is 6.47. The van der Waals surface area contributed by atoms with E-state index in [-0.39, 0.29) is 25.1 Å². The van der Waals surface area contributed by atoms with Crippen LogP contribution in [-0.2, 0) is 14.4 Å². The summed E-state index contributed by atoms with van der Waals surface area (Å²) in [6.07, 6.45) is -1.05. The van der Waals surface area contributed by atoms with Gasteiger partial charge in [0.1, 0.15) is 12.7 Å². The Bertz CT molecular complexity index is 796. The molecule has 26 heavy (non-hydrogen) atoms. The van der Waals surface area contributed by atoms with E-state index in [1.54, 1.807) is 5.06 Å². The van der Waals surface area contributed by atoms with Gasteiger partial charge in [-0.15, -0.1) is 0 Å². The van der Waals surface area contributed by atoms with E-state index in [1.165, 1.54) is 4.90 Å². The summed E-state index contributed by atoms with van der Waals surface area (Å²) < 4.78 is 4.97. The first kappa shape index (κ1) is 16.8. The molecule has 0 N–H and O–H groups in total. The third-order valence-corrected chi connectivity index (χ3v) is 4.92. The molecule has 2 aromatic rings. The van der Waals surface area contributed by atoms with Crippen molar-refractivity contribution in [1.29, 1.82) is 0 Å². The molecule has 0 aliphatic carbocycles. The molecule has 3 atom stereocenters. The molecule has 134 valence electrons. The van der Waals surface area contributed by atoms with E-state index < -0.39 is 18.1 Å². The maximum absolute atomic E-state index is 13.3. The van der Waals surface area contributed by atoms with Crippen LogP contribution in [0, 0.1) is 5.92 Å². The Kier molecular flexibility index (Phi) is 4.44. The summed E-state index contributed by atoms with van der Waals surface area (Å²) in [4.78, 5) is 32.5. The van der Waals surface area contributed by atoms with Crippen molar-refractivity contribution in [3.63, 3.8) is 0 Å². The first-order chi connectivity index (χ1) is 12.7. The number of hydrogen-bond donors (Lipinski definition) is 0. The van der Waals surface area contributed by atoms with E-state index in [9.17, 15) is 9.59 Å². The van der Waals surface area contributed by atoms with Crippen LogP contribution in [0.25, 0.3) is 0 Å². The van der Waals surface area contributed by atoms with Gasteiger partial charge in [-0.3, -0.25) is 9.63 Å². The molecule has 0 aromatic heterocycles. The molecule has 0 radical (unpaired) electrons. The van der Waals surface area contributed by atoms with E-state index in [0.717, 1.165) is 11.1 Å². The van der Waals surface area contributed by atoms with E-state index >= 15 is 0 Å². The Morgan fingerprint density at radius 1 is 1.00 bits per heavy atom. The van der Waals surface area contributed by atoms with Crippen LogP contribution in [-0.4, -0.2) is 42.2 Å². The molecular weight excluding hydrogens is 332 g/mol. The van der Waals surface area contributed by atoms with Gasteiger partial charge in [0.05, 0.1) is 18.5 Å². The maximum atomic E-state index is 13.3. The number of ether oxygens (including phenoxy) is 1. The molecule has 2 heterocycles. The maximum Gasteiger partial charge on any atom is 0.416 e. The molecule has 2 aliphatic rings. The zero-order valence-corrected chi connectivity index (χ0v) is 14.4. The zero-order valence-electron chi connectivity index (χ0n) is 14.4. The molecule has 0 bridgehead atoms. The van der Waals surface area contributed by atoms with Crippen molar-refractivity contribution in [3.05, 3.63) is 71.8 Å². The Morgan fingerprint density at radius 3 is 2.19 bits per heavy atom. The van der Waals surface area contributed by atoms with E-state index in [1.807, 2.05) is 67.7 Å². The average Bonchev–Trinajstić information content (AvgIpc) is 3.26. The molecule has 6 heteroatoms. The number of imide groups is 1. The lowest BCUT2D eigenvalue weighted by Gasteiger charge is -2.25. The van der Waals surface area contributed by atoms with Gasteiger partial charge in [-0.25, -0.2) is 9.69 Å². The fraction of sp³-hybridized carbons (Fsp3) is 0.300. The van der Waals surface area contributed by atoms with Crippen molar-refractivity contribution in [2.45, 2.75) is 12.1 Å². The van der Waals surface area contributed by atoms with Crippen LogP contribution >= 0.6 is 0 Å². The quantitative estimate of drug-likeness (QED) is 0.850. The van der Waals surface area contributed by atoms with Crippen molar-refractivity contribution >= 4 is 12.0 Å². The second-order valence-corrected chi connectivity index (χ2v) is 6.47. The fourth-order valence-electron chi connectivity index (χ4n) is 3.72. The molecule has 4 rings (SSSR count). The van der Waals surface area contributed by atoms with Crippen LogP contribution < -0.4 is 0 Å². The molecule has 2 fully saturated rings. The molecule has 0 spiro atoms. The van der Waals surface area contributed by atoms with Gasteiger partial charge in [-0.2, -0.15) is 5.06 Å². The standard InChI is InChI=1S/C20H20N2O4/c1-21-17(14-8-4-2-5-9-14)16(19(23)22-12-13-25-20(22)24)18(26-21)15-10-6-3-7-11-15/h2-11,16-18H,12-13H2,1H3/t16-,17+,18+/m1/s1. The lowest BCUT2D eigenvalue weighted by atomic mass is 9.85. The second kappa shape index (κ2) is 6.90. The number of carbonyl (C=O) groups is 2. The van der Waals surface area contributed by atoms with Crippen LogP contribution in [0.2, 0.25) is 0 Å². The summed E-state index contributed by atoms with van der Waals surface area (Å²) >= 11 is 0. The van der Waals surface area contributed by atoms with Crippen molar-refractivity contribution in [1.82, 2.24) is 9.96 Å². The van der Waals surface area contributed by atoms with Gasteiger partial charge in [0.25, 0.3) is 0 Å². The first-order valence-corrected chi connectivity index (χ1v) is 8.64. The Labute approximate surface area is 151 Å². The Hall–Kier alpha value is -2.70. The minimum atomic E-state index is -0.580. The molecule has 6 nitrogen and oxygen atoms in total. The zero-order chi connectivity index (χ0) is 18.1. The topological polar surface area (TPSA) is 59.1 Å². The third kappa shape index (κ3) is 2.87. The van der Waals surface area contributed by atoms with E-state index in [4.69, 9.17) is 9.57 Å².